The third-order valence-corrected chi connectivity index (χ3v) is 2.53. The summed E-state index contributed by atoms with van der Waals surface area (Å²) in [4.78, 5) is 11.0. The molecule has 0 saturated heterocycles. The highest BCUT2D eigenvalue weighted by molar-refractivity contribution is 5.92. The second-order valence-electron chi connectivity index (χ2n) is 3.82. The van der Waals surface area contributed by atoms with Crippen LogP contribution in [0.25, 0.3) is 5.69 Å². The lowest BCUT2D eigenvalue weighted by Crippen LogP contribution is -2.12. The summed E-state index contributed by atoms with van der Waals surface area (Å²) < 4.78 is 15.2. The maximum Gasteiger partial charge on any atom is 0.251 e. The van der Waals surface area contributed by atoms with Crippen LogP contribution in [0.2, 0.25) is 0 Å². The van der Waals surface area contributed by atoms with Gasteiger partial charge in [-0.3, -0.25) is 4.79 Å². The van der Waals surface area contributed by atoms with Crippen molar-refractivity contribution < 1.29 is 9.18 Å². The molecule has 0 radical (unpaired) electrons. The van der Waals surface area contributed by atoms with Gasteiger partial charge >= 0.3 is 0 Å². The van der Waals surface area contributed by atoms with Crippen molar-refractivity contribution in [2.24, 2.45) is 5.73 Å². The average molecular weight is 248 g/mol. The fourth-order valence-electron chi connectivity index (χ4n) is 1.72. The summed E-state index contributed by atoms with van der Waals surface area (Å²) in [7, 11) is 1.77. The maximum absolute atomic E-state index is 13.9. The predicted molar refractivity (Wildman–Crippen MR) is 64.8 cm³/mol. The summed E-state index contributed by atoms with van der Waals surface area (Å²) in [6, 6.07) is 4.77. The minimum Gasteiger partial charge on any atom is -0.366 e. The third-order valence-electron chi connectivity index (χ3n) is 2.53. The fraction of sp³-hybridized carbons (Fsp3) is 0.167. The van der Waals surface area contributed by atoms with Gasteiger partial charge in [-0.15, -0.1) is 0 Å². The van der Waals surface area contributed by atoms with Gasteiger partial charge in [-0.2, -0.15) is 5.10 Å². The SMILES string of the molecule is CNCc1cccc(F)c1-n1cc(C(N)=O)cn1. The fourth-order valence-corrected chi connectivity index (χ4v) is 1.72. The standard InChI is InChI=1S/C12H13FN4O/c1-15-5-8-3-2-4-10(13)11(8)17-7-9(6-16-17)12(14)18/h2-4,6-7,15H,5H2,1H3,(H2,14,18). The molecule has 0 atom stereocenters. The molecule has 0 spiro atoms. The summed E-state index contributed by atoms with van der Waals surface area (Å²) in [5.74, 6) is -0.991. The molecule has 0 aliphatic heterocycles. The number of benzene rings is 1. The zero-order chi connectivity index (χ0) is 13.1. The van der Waals surface area contributed by atoms with Crippen molar-refractivity contribution in [2.45, 2.75) is 6.54 Å². The van der Waals surface area contributed by atoms with Gasteiger partial charge in [-0.05, 0) is 18.7 Å². The Morgan fingerprint density at radius 1 is 1.56 bits per heavy atom. The number of primary amides is 1. The molecular weight excluding hydrogens is 235 g/mol. The van der Waals surface area contributed by atoms with Gasteiger partial charge in [0, 0.05) is 12.7 Å². The van der Waals surface area contributed by atoms with Crippen LogP contribution in [0.4, 0.5) is 4.39 Å². The Hall–Kier alpha value is -2.21. The Balaban J connectivity index is 2.51. The first-order chi connectivity index (χ1) is 8.63. The van der Waals surface area contributed by atoms with E-state index in [4.69, 9.17) is 5.73 Å². The Morgan fingerprint density at radius 3 is 2.94 bits per heavy atom. The van der Waals surface area contributed by atoms with E-state index in [2.05, 4.69) is 10.4 Å². The minimum atomic E-state index is -0.590. The number of carbonyl (C=O) groups excluding carboxylic acids is 1. The van der Waals surface area contributed by atoms with E-state index in [0.29, 0.717) is 12.2 Å². The molecule has 6 heteroatoms. The van der Waals surface area contributed by atoms with E-state index in [1.54, 1.807) is 19.2 Å². The molecular formula is C12H13FN4O. The maximum atomic E-state index is 13.9. The van der Waals surface area contributed by atoms with Crippen molar-refractivity contribution in [2.75, 3.05) is 7.05 Å². The van der Waals surface area contributed by atoms with Crippen LogP contribution < -0.4 is 11.1 Å². The Labute approximate surface area is 103 Å². The number of aromatic nitrogens is 2. The summed E-state index contributed by atoms with van der Waals surface area (Å²) in [5.41, 5.74) is 6.45. The van der Waals surface area contributed by atoms with Crippen molar-refractivity contribution >= 4 is 5.91 Å². The largest absolute Gasteiger partial charge is 0.366 e. The quantitative estimate of drug-likeness (QED) is 0.841. The second-order valence-corrected chi connectivity index (χ2v) is 3.82. The lowest BCUT2D eigenvalue weighted by Gasteiger charge is -2.09. The van der Waals surface area contributed by atoms with Crippen molar-refractivity contribution in [1.82, 2.24) is 15.1 Å². The van der Waals surface area contributed by atoms with Gasteiger partial charge in [0.2, 0.25) is 0 Å². The van der Waals surface area contributed by atoms with Gasteiger partial charge in [0.25, 0.3) is 5.91 Å². The van der Waals surface area contributed by atoms with Crippen LogP contribution in [0, 0.1) is 5.82 Å². The zero-order valence-electron chi connectivity index (χ0n) is 9.85. The first kappa shape index (κ1) is 12.3. The Bertz CT molecular complexity index is 579. The zero-order valence-corrected chi connectivity index (χ0v) is 9.85. The van der Waals surface area contributed by atoms with Crippen LogP contribution in [0.1, 0.15) is 15.9 Å². The van der Waals surface area contributed by atoms with Crippen LogP contribution in [0.15, 0.2) is 30.6 Å². The molecule has 0 aliphatic carbocycles. The first-order valence-corrected chi connectivity index (χ1v) is 5.40. The molecule has 3 N–H and O–H groups in total. The summed E-state index contributed by atoms with van der Waals surface area (Å²) in [5, 5.41) is 6.91. The van der Waals surface area contributed by atoms with E-state index >= 15 is 0 Å². The van der Waals surface area contributed by atoms with Crippen molar-refractivity contribution in [3.63, 3.8) is 0 Å². The van der Waals surface area contributed by atoms with E-state index in [9.17, 15) is 9.18 Å². The lowest BCUT2D eigenvalue weighted by atomic mass is 10.1. The van der Waals surface area contributed by atoms with Gasteiger partial charge < -0.3 is 11.1 Å². The predicted octanol–water partition coefficient (Wildman–Crippen LogP) is 0.830. The number of nitrogens with zero attached hydrogens (tertiary/aromatic N) is 2. The first-order valence-electron chi connectivity index (χ1n) is 5.40. The number of rotatable bonds is 4. The highest BCUT2D eigenvalue weighted by Gasteiger charge is 2.12. The molecule has 0 unspecified atom stereocenters. The molecule has 0 fully saturated rings. The van der Waals surface area contributed by atoms with E-state index in [1.807, 2.05) is 0 Å². The number of halogens is 1. The summed E-state index contributed by atoms with van der Waals surface area (Å²) >= 11 is 0. The van der Waals surface area contributed by atoms with E-state index < -0.39 is 11.7 Å². The molecule has 5 nitrogen and oxygen atoms in total. The van der Waals surface area contributed by atoms with Crippen molar-refractivity contribution in [3.8, 4) is 5.69 Å². The van der Waals surface area contributed by atoms with Gasteiger partial charge in [0.05, 0.1) is 11.8 Å². The minimum absolute atomic E-state index is 0.244. The molecule has 0 aliphatic rings. The summed E-state index contributed by atoms with van der Waals surface area (Å²) in [6.45, 7) is 0.499. The molecule has 1 amide bonds. The molecule has 1 heterocycles. The monoisotopic (exact) mass is 248 g/mol. The molecule has 2 rings (SSSR count). The molecule has 94 valence electrons. The van der Waals surface area contributed by atoms with Crippen LogP contribution in [0.5, 0.6) is 0 Å². The van der Waals surface area contributed by atoms with Gasteiger partial charge in [0.1, 0.15) is 11.5 Å². The van der Waals surface area contributed by atoms with E-state index in [-0.39, 0.29) is 5.56 Å². The topological polar surface area (TPSA) is 72.9 Å². The number of nitrogens with one attached hydrogen (secondary N) is 1. The lowest BCUT2D eigenvalue weighted by molar-refractivity contribution is 0.100. The number of nitrogens with two attached hydrogens (primary N) is 1. The number of carbonyl (C=O) groups is 1. The smallest absolute Gasteiger partial charge is 0.251 e. The molecule has 18 heavy (non-hydrogen) atoms. The molecule has 1 aromatic heterocycles. The normalized spacial score (nSPS) is 10.6. The number of para-hydroxylation sites is 1. The number of hydrogen-bond acceptors (Lipinski definition) is 3. The van der Waals surface area contributed by atoms with Crippen LogP contribution in [-0.2, 0) is 6.54 Å². The van der Waals surface area contributed by atoms with Crippen molar-refractivity contribution in [3.05, 3.63) is 47.5 Å². The van der Waals surface area contributed by atoms with Gasteiger partial charge in [0.15, 0.2) is 0 Å². The molecule has 0 bridgehead atoms. The molecule has 1 aromatic carbocycles. The highest BCUT2D eigenvalue weighted by Crippen LogP contribution is 2.18. The highest BCUT2D eigenvalue weighted by atomic mass is 19.1. The van der Waals surface area contributed by atoms with Gasteiger partial charge in [-0.1, -0.05) is 12.1 Å². The van der Waals surface area contributed by atoms with Crippen LogP contribution in [-0.4, -0.2) is 22.7 Å². The second kappa shape index (κ2) is 4.97. The number of hydrogen-bond donors (Lipinski definition) is 2. The van der Waals surface area contributed by atoms with E-state index in [0.717, 1.165) is 5.56 Å². The van der Waals surface area contributed by atoms with Crippen LogP contribution >= 0.6 is 0 Å². The average Bonchev–Trinajstić information content (AvgIpc) is 2.79. The molecule has 0 saturated carbocycles. The van der Waals surface area contributed by atoms with Crippen molar-refractivity contribution in [1.29, 1.82) is 0 Å². The third kappa shape index (κ3) is 2.23. The van der Waals surface area contributed by atoms with Gasteiger partial charge in [-0.25, -0.2) is 9.07 Å². The van der Waals surface area contributed by atoms with E-state index in [1.165, 1.54) is 23.1 Å². The van der Waals surface area contributed by atoms with Crippen LogP contribution in [0.3, 0.4) is 0 Å². The number of amides is 1. The Morgan fingerprint density at radius 2 is 2.33 bits per heavy atom. The Kier molecular flexibility index (Phi) is 3.38. The summed E-state index contributed by atoms with van der Waals surface area (Å²) in [6.07, 6.45) is 2.73. The molecule has 2 aromatic rings.